The van der Waals surface area contributed by atoms with E-state index in [0.29, 0.717) is 6.54 Å². The van der Waals surface area contributed by atoms with E-state index in [-0.39, 0.29) is 18.8 Å². The lowest BCUT2D eigenvalue weighted by Crippen LogP contribution is -2.24. The molecule has 1 aromatic heterocycles. The number of esters is 2. The van der Waals surface area contributed by atoms with E-state index in [9.17, 15) is 9.59 Å². The molecule has 32 heavy (non-hydrogen) atoms. The number of carbonyl (C=O) groups is 2. The molecular weight excluding hydrogens is 404 g/mol. The summed E-state index contributed by atoms with van der Waals surface area (Å²) in [6.45, 7) is 6.13. The minimum atomic E-state index is -0.711. The summed E-state index contributed by atoms with van der Waals surface area (Å²) in [7, 11) is 0. The lowest BCUT2D eigenvalue weighted by atomic mass is 10.1. The van der Waals surface area contributed by atoms with Gasteiger partial charge in [0.15, 0.2) is 5.57 Å². The van der Waals surface area contributed by atoms with E-state index in [1.54, 1.807) is 13.8 Å². The molecule has 0 aliphatic heterocycles. The monoisotopic (exact) mass is 432 g/mol. The van der Waals surface area contributed by atoms with Gasteiger partial charge in [-0.05, 0) is 32.4 Å². The number of aromatic amines is 1. The van der Waals surface area contributed by atoms with Crippen molar-refractivity contribution in [3.05, 3.63) is 89.8 Å². The van der Waals surface area contributed by atoms with E-state index in [1.165, 1.54) is 6.20 Å². The van der Waals surface area contributed by atoms with Crippen LogP contribution >= 0.6 is 0 Å². The summed E-state index contributed by atoms with van der Waals surface area (Å²) in [5.74, 6) is -1.42. The van der Waals surface area contributed by atoms with Gasteiger partial charge in [-0.15, -0.1) is 0 Å². The molecule has 0 radical (unpaired) electrons. The summed E-state index contributed by atoms with van der Waals surface area (Å²) < 4.78 is 10.3. The second kappa shape index (κ2) is 11.0. The Labute approximate surface area is 188 Å². The Hall–Kier alpha value is -3.80. The largest absolute Gasteiger partial charge is 0.462 e. The van der Waals surface area contributed by atoms with Crippen molar-refractivity contribution in [2.75, 3.05) is 18.1 Å². The van der Waals surface area contributed by atoms with Gasteiger partial charge in [-0.3, -0.25) is 0 Å². The van der Waals surface area contributed by atoms with Crippen LogP contribution in [-0.4, -0.2) is 30.1 Å². The highest BCUT2D eigenvalue weighted by molar-refractivity contribution is 6.14. The number of anilines is 1. The fraction of sp³-hybridized carbons (Fsp3) is 0.231. The third-order valence-corrected chi connectivity index (χ3v) is 4.77. The van der Waals surface area contributed by atoms with Crippen molar-refractivity contribution >= 4 is 17.6 Å². The Bertz CT molecular complexity index is 1050. The summed E-state index contributed by atoms with van der Waals surface area (Å²) >= 11 is 0. The molecule has 0 saturated heterocycles. The normalized spacial score (nSPS) is 10.3. The minimum Gasteiger partial charge on any atom is -0.462 e. The molecule has 6 heteroatoms. The molecule has 0 saturated carbocycles. The summed E-state index contributed by atoms with van der Waals surface area (Å²) in [5.41, 5.74) is 4.55. The highest BCUT2D eigenvalue weighted by atomic mass is 16.6. The smallest absolute Gasteiger partial charge is 0.347 e. The van der Waals surface area contributed by atoms with Gasteiger partial charge >= 0.3 is 11.9 Å². The summed E-state index contributed by atoms with van der Waals surface area (Å²) in [6, 6.07) is 21.8. The average Bonchev–Trinajstić information content (AvgIpc) is 3.19. The van der Waals surface area contributed by atoms with Crippen LogP contribution in [0.1, 0.15) is 25.1 Å². The van der Waals surface area contributed by atoms with Crippen molar-refractivity contribution in [2.45, 2.75) is 27.3 Å². The van der Waals surface area contributed by atoms with E-state index >= 15 is 0 Å². The fourth-order valence-corrected chi connectivity index (χ4v) is 3.37. The first-order chi connectivity index (χ1) is 15.5. The molecule has 166 valence electrons. The third kappa shape index (κ3) is 5.66. The minimum absolute atomic E-state index is 0.150. The molecule has 1 heterocycles. The van der Waals surface area contributed by atoms with Crippen LogP contribution in [0.25, 0.3) is 11.3 Å². The number of aromatic nitrogens is 1. The topological polar surface area (TPSA) is 71.6 Å². The van der Waals surface area contributed by atoms with Crippen molar-refractivity contribution in [2.24, 2.45) is 0 Å². The lowest BCUT2D eigenvalue weighted by molar-refractivity contribution is -0.146. The zero-order valence-electron chi connectivity index (χ0n) is 18.6. The number of nitrogens with zero attached hydrogens (tertiary/aromatic N) is 1. The van der Waals surface area contributed by atoms with Crippen LogP contribution < -0.4 is 4.90 Å². The highest BCUT2D eigenvalue weighted by Gasteiger charge is 2.24. The van der Waals surface area contributed by atoms with Crippen molar-refractivity contribution in [1.82, 2.24) is 4.98 Å². The van der Waals surface area contributed by atoms with Crippen molar-refractivity contribution in [3.8, 4) is 11.3 Å². The Morgan fingerprint density at radius 1 is 0.906 bits per heavy atom. The molecule has 1 N–H and O–H groups in total. The third-order valence-electron chi connectivity index (χ3n) is 4.77. The van der Waals surface area contributed by atoms with Crippen LogP contribution in [0.15, 0.2) is 78.5 Å². The molecule has 0 aliphatic rings. The van der Waals surface area contributed by atoms with E-state index in [4.69, 9.17) is 9.47 Å². The average molecular weight is 433 g/mol. The maximum Gasteiger partial charge on any atom is 0.347 e. The summed E-state index contributed by atoms with van der Waals surface area (Å²) in [6.07, 6.45) is 1.53. The molecule has 2 aromatic carbocycles. The van der Waals surface area contributed by atoms with Gasteiger partial charge in [0.1, 0.15) is 0 Å². The van der Waals surface area contributed by atoms with Crippen molar-refractivity contribution in [3.63, 3.8) is 0 Å². The number of hydrogen-bond donors (Lipinski definition) is 1. The molecule has 0 fully saturated rings. The van der Waals surface area contributed by atoms with Crippen LogP contribution in [0, 0.1) is 6.92 Å². The standard InChI is InChI=1S/C26H28N2O4/c1-4-31-25(29)22(26(30)32-5-2)18-28(17-20-12-8-6-9-13-20)23-16-19(3)27-24(23)21-14-10-7-11-15-21/h6-16,18,27H,4-5,17H2,1-3H3. The summed E-state index contributed by atoms with van der Waals surface area (Å²) in [5, 5.41) is 0. The first-order valence-corrected chi connectivity index (χ1v) is 10.6. The highest BCUT2D eigenvalue weighted by Crippen LogP contribution is 2.33. The maximum atomic E-state index is 12.6. The van der Waals surface area contributed by atoms with Gasteiger partial charge in [0.2, 0.25) is 0 Å². The Kier molecular flexibility index (Phi) is 7.86. The van der Waals surface area contributed by atoms with Crippen LogP contribution in [0.3, 0.4) is 0 Å². The number of H-pyrrole nitrogens is 1. The number of carbonyl (C=O) groups excluding carboxylic acids is 2. The molecule has 3 aromatic rings. The first kappa shape index (κ1) is 22.9. The van der Waals surface area contributed by atoms with Crippen LogP contribution in [0.5, 0.6) is 0 Å². The van der Waals surface area contributed by atoms with Crippen LogP contribution in [-0.2, 0) is 25.6 Å². The van der Waals surface area contributed by atoms with Gasteiger partial charge in [-0.25, -0.2) is 9.59 Å². The lowest BCUT2D eigenvalue weighted by Gasteiger charge is -2.22. The van der Waals surface area contributed by atoms with E-state index in [0.717, 1.165) is 28.2 Å². The summed E-state index contributed by atoms with van der Waals surface area (Å²) in [4.78, 5) is 30.5. The van der Waals surface area contributed by atoms with E-state index in [2.05, 4.69) is 4.98 Å². The zero-order chi connectivity index (χ0) is 22.9. The van der Waals surface area contributed by atoms with Gasteiger partial charge in [0, 0.05) is 24.0 Å². The second-order valence-electron chi connectivity index (χ2n) is 7.18. The quantitative estimate of drug-likeness (QED) is 0.223. The van der Waals surface area contributed by atoms with Crippen LogP contribution in [0.4, 0.5) is 5.69 Å². The first-order valence-electron chi connectivity index (χ1n) is 10.6. The molecule has 0 amide bonds. The molecule has 6 nitrogen and oxygen atoms in total. The number of ether oxygens (including phenoxy) is 2. The van der Waals surface area contributed by atoms with Crippen molar-refractivity contribution < 1.29 is 19.1 Å². The molecule has 0 unspecified atom stereocenters. The van der Waals surface area contributed by atoms with Gasteiger partial charge < -0.3 is 19.4 Å². The number of benzene rings is 2. The predicted octanol–water partition coefficient (Wildman–Crippen LogP) is 5.01. The molecule has 0 spiro atoms. The predicted molar refractivity (Wildman–Crippen MR) is 125 cm³/mol. The fourth-order valence-electron chi connectivity index (χ4n) is 3.37. The number of aryl methyl sites for hydroxylation is 1. The SMILES string of the molecule is CCOC(=O)C(=CN(Cc1ccccc1)c1cc(C)[nH]c1-c1ccccc1)C(=O)OCC. The van der Waals surface area contributed by atoms with Crippen LogP contribution in [0.2, 0.25) is 0 Å². The molecule has 0 aliphatic carbocycles. The molecule has 0 atom stereocenters. The Balaban J connectivity index is 2.13. The number of hydrogen-bond acceptors (Lipinski definition) is 5. The zero-order valence-corrected chi connectivity index (χ0v) is 18.6. The van der Waals surface area contributed by atoms with E-state index < -0.39 is 11.9 Å². The van der Waals surface area contributed by atoms with Gasteiger partial charge in [0.05, 0.1) is 24.6 Å². The van der Waals surface area contributed by atoms with Gasteiger partial charge in [0.25, 0.3) is 0 Å². The Morgan fingerprint density at radius 2 is 1.47 bits per heavy atom. The second-order valence-corrected chi connectivity index (χ2v) is 7.18. The molecular formula is C26H28N2O4. The molecule has 3 rings (SSSR count). The molecule has 0 bridgehead atoms. The van der Waals surface area contributed by atoms with Crippen molar-refractivity contribution in [1.29, 1.82) is 0 Å². The van der Waals surface area contributed by atoms with E-state index in [1.807, 2.05) is 78.6 Å². The van der Waals surface area contributed by atoms with Gasteiger partial charge in [-0.1, -0.05) is 60.7 Å². The Morgan fingerprint density at radius 3 is 2.03 bits per heavy atom. The maximum absolute atomic E-state index is 12.6. The van der Waals surface area contributed by atoms with Gasteiger partial charge in [-0.2, -0.15) is 0 Å². The number of nitrogens with one attached hydrogen (secondary N) is 1. The number of rotatable bonds is 9.